The lowest BCUT2D eigenvalue weighted by Gasteiger charge is -2.12. The molecule has 1 fully saturated rings. The van der Waals surface area contributed by atoms with Gasteiger partial charge < -0.3 is 5.32 Å². The normalized spacial score (nSPS) is 19.3. The predicted molar refractivity (Wildman–Crippen MR) is 74.9 cm³/mol. The van der Waals surface area contributed by atoms with E-state index in [-0.39, 0.29) is 29.8 Å². The van der Waals surface area contributed by atoms with E-state index in [1.54, 1.807) is 0 Å². The molecule has 1 saturated heterocycles. The number of alkyl halides is 3. The fourth-order valence-corrected chi connectivity index (χ4v) is 3.20. The van der Waals surface area contributed by atoms with Gasteiger partial charge in [0.05, 0.1) is 10.5 Å². The molecule has 1 unspecified atom stereocenters. The topological polar surface area (TPSA) is 58.2 Å². The summed E-state index contributed by atoms with van der Waals surface area (Å²) in [7, 11) is -3.91. The maximum absolute atomic E-state index is 12.6. The minimum Gasteiger partial charge on any atom is -0.316 e. The molecule has 1 atom stereocenters. The third-order valence-corrected chi connectivity index (χ3v) is 4.62. The van der Waals surface area contributed by atoms with Crippen molar-refractivity contribution in [3.8, 4) is 0 Å². The molecule has 9 heteroatoms. The zero-order valence-electron chi connectivity index (χ0n) is 11.0. The van der Waals surface area contributed by atoms with E-state index in [1.165, 1.54) is 0 Å². The lowest BCUT2D eigenvalue weighted by atomic mass is 10.1. The maximum atomic E-state index is 12.6. The number of hydrogen-bond acceptors (Lipinski definition) is 3. The lowest BCUT2D eigenvalue weighted by Crippen LogP contribution is -2.30. The van der Waals surface area contributed by atoms with Crippen LogP contribution in [0.2, 0.25) is 0 Å². The van der Waals surface area contributed by atoms with Crippen LogP contribution in [0.1, 0.15) is 12.0 Å². The van der Waals surface area contributed by atoms with Crippen LogP contribution >= 0.6 is 12.4 Å². The molecule has 0 saturated carbocycles. The van der Waals surface area contributed by atoms with E-state index in [4.69, 9.17) is 0 Å². The molecule has 2 rings (SSSR count). The van der Waals surface area contributed by atoms with Gasteiger partial charge in [-0.1, -0.05) is 6.07 Å². The van der Waals surface area contributed by atoms with Crippen LogP contribution < -0.4 is 10.0 Å². The summed E-state index contributed by atoms with van der Waals surface area (Å²) in [6.45, 7) is 1.77. The molecule has 21 heavy (non-hydrogen) atoms. The number of sulfonamides is 1. The van der Waals surface area contributed by atoms with Gasteiger partial charge in [-0.15, -0.1) is 12.4 Å². The zero-order chi connectivity index (χ0) is 14.8. The predicted octanol–water partition coefficient (Wildman–Crippen LogP) is 2.02. The quantitative estimate of drug-likeness (QED) is 0.878. The van der Waals surface area contributed by atoms with Gasteiger partial charge in [0.15, 0.2) is 0 Å². The van der Waals surface area contributed by atoms with Crippen molar-refractivity contribution in [1.29, 1.82) is 0 Å². The molecular weight excluding hydrogens is 329 g/mol. The van der Waals surface area contributed by atoms with Gasteiger partial charge in [-0.05, 0) is 43.6 Å². The zero-order valence-corrected chi connectivity index (χ0v) is 12.6. The fraction of sp³-hybridized carbons (Fsp3) is 0.500. The summed E-state index contributed by atoms with van der Waals surface area (Å²) >= 11 is 0. The summed E-state index contributed by atoms with van der Waals surface area (Å²) in [5, 5.41) is 3.09. The van der Waals surface area contributed by atoms with Gasteiger partial charge in [0.2, 0.25) is 10.0 Å². The molecule has 2 N–H and O–H groups in total. The lowest BCUT2D eigenvalue weighted by molar-refractivity contribution is -0.137. The molecule has 1 heterocycles. The highest BCUT2D eigenvalue weighted by Crippen LogP contribution is 2.30. The van der Waals surface area contributed by atoms with Gasteiger partial charge in [-0.3, -0.25) is 0 Å². The Balaban J connectivity index is 0.00000220. The molecule has 1 aromatic carbocycles. The summed E-state index contributed by atoms with van der Waals surface area (Å²) in [5.41, 5.74) is -0.970. The van der Waals surface area contributed by atoms with Gasteiger partial charge in [0.25, 0.3) is 0 Å². The second kappa shape index (κ2) is 6.95. The van der Waals surface area contributed by atoms with Crippen LogP contribution in [0.3, 0.4) is 0 Å². The highest BCUT2D eigenvalue weighted by molar-refractivity contribution is 7.89. The third-order valence-electron chi connectivity index (χ3n) is 3.20. The second-order valence-electron chi connectivity index (χ2n) is 4.74. The average Bonchev–Trinajstić information content (AvgIpc) is 2.89. The minimum absolute atomic E-state index is 0. The van der Waals surface area contributed by atoms with Crippen molar-refractivity contribution in [1.82, 2.24) is 10.0 Å². The van der Waals surface area contributed by atoms with Crippen molar-refractivity contribution in [2.45, 2.75) is 17.5 Å². The van der Waals surface area contributed by atoms with Crippen LogP contribution in [-0.4, -0.2) is 28.1 Å². The molecule has 1 aliphatic rings. The van der Waals surface area contributed by atoms with Gasteiger partial charge in [0, 0.05) is 6.54 Å². The molecule has 4 nitrogen and oxygen atoms in total. The first kappa shape index (κ1) is 18.2. The van der Waals surface area contributed by atoms with Crippen molar-refractivity contribution in [3.05, 3.63) is 29.8 Å². The molecular formula is C12H16ClF3N2O2S. The maximum Gasteiger partial charge on any atom is 0.416 e. The summed E-state index contributed by atoms with van der Waals surface area (Å²) in [5.74, 6) is 0.176. The summed E-state index contributed by atoms with van der Waals surface area (Å²) < 4.78 is 64.0. The Morgan fingerprint density at radius 3 is 2.62 bits per heavy atom. The Kier molecular flexibility index (Phi) is 6.03. The molecule has 1 aromatic rings. The van der Waals surface area contributed by atoms with E-state index in [0.29, 0.717) is 12.6 Å². The van der Waals surface area contributed by atoms with E-state index in [2.05, 4.69) is 10.0 Å². The van der Waals surface area contributed by atoms with Crippen LogP contribution in [0.15, 0.2) is 29.2 Å². The van der Waals surface area contributed by atoms with Crippen LogP contribution in [0.4, 0.5) is 13.2 Å². The number of benzene rings is 1. The number of nitrogens with one attached hydrogen (secondary N) is 2. The Bertz CT molecular complexity index is 572. The van der Waals surface area contributed by atoms with E-state index < -0.39 is 21.8 Å². The first-order valence-electron chi connectivity index (χ1n) is 6.17. The molecule has 0 radical (unpaired) electrons. The van der Waals surface area contributed by atoms with Crippen LogP contribution in [-0.2, 0) is 16.2 Å². The summed E-state index contributed by atoms with van der Waals surface area (Å²) in [6.07, 6.45) is -3.70. The van der Waals surface area contributed by atoms with E-state index in [0.717, 1.165) is 31.2 Å². The number of rotatable bonds is 4. The van der Waals surface area contributed by atoms with Crippen molar-refractivity contribution < 1.29 is 21.6 Å². The standard InChI is InChI=1S/C12H15F3N2O2S.ClH/c13-12(14,15)10-2-1-3-11(6-10)20(18,19)17-8-9-4-5-16-7-9;/h1-3,6,9,16-17H,4-5,7-8H2;1H. The third kappa shape index (κ3) is 4.84. The molecule has 0 spiro atoms. The fourth-order valence-electron chi connectivity index (χ4n) is 2.04. The average molecular weight is 345 g/mol. The highest BCUT2D eigenvalue weighted by Gasteiger charge is 2.31. The van der Waals surface area contributed by atoms with Gasteiger partial charge >= 0.3 is 6.18 Å². The second-order valence-corrected chi connectivity index (χ2v) is 6.50. The Hall–Kier alpha value is -0.830. The highest BCUT2D eigenvalue weighted by atomic mass is 35.5. The Labute approximate surface area is 127 Å². The van der Waals surface area contributed by atoms with Crippen molar-refractivity contribution >= 4 is 22.4 Å². The summed E-state index contributed by atoms with van der Waals surface area (Å²) in [6, 6.07) is 3.74. The molecule has 0 aliphatic carbocycles. The summed E-state index contributed by atoms with van der Waals surface area (Å²) in [4.78, 5) is -0.363. The van der Waals surface area contributed by atoms with Crippen molar-refractivity contribution in [2.75, 3.05) is 19.6 Å². The van der Waals surface area contributed by atoms with Gasteiger partial charge in [-0.2, -0.15) is 13.2 Å². The smallest absolute Gasteiger partial charge is 0.316 e. The first-order chi connectivity index (χ1) is 9.29. The first-order valence-corrected chi connectivity index (χ1v) is 7.65. The molecule has 0 aromatic heterocycles. The van der Waals surface area contributed by atoms with Crippen molar-refractivity contribution in [2.24, 2.45) is 5.92 Å². The number of halogens is 4. The largest absolute Gasteiger partial charge is 0.416 e. The number of hydrogen-bond donors (Lipinski definition) is 2. The minimum atomic E-state index is -4.55. The van der Waals surface area contributed by atoms with Crippen molar-refractivity contribution in [3.63, 3.8) is 0 Å². The Morgan fingerprint density at radius 1 is 1.33 bits per heavy atom. The molecule has 0 amide bonds. The molecule has 1 aliphatic heterocycles. The SMILES string of the molecule is Cl.O=S(=O)(NCC1CCNC1)c1cccc(C(F)(F)F)c1. The van der Waals surface area contributed by atoms with Gasteiger partial charge in [-0.25, -0.2) is 13.1 Å². The van der Waals surface area contributed by atoms with Gasteiger partial charge in [0.1, 0.15) is 0 Å². The van der Waals surface area contributed by atoms with Crippen LogP contribution in [0.25, 0.3) is 0 Å². The van der Waals surface area contributed by atoms with Crippen LogP contribution in [0, 0.1) is 5.92 Å². The monoisotopic (exact) mass is 344 g/mol. The van der Waals surface area contributed by atoms with E-state index >= 15 is 0 Å². The van der Waals surface area contributed by atoms with E-state index in [9.17, 15) is 21.6 Å². The Morgan fingerprint density at radius 2 is 2.05 bits per heavy atom. The molecule has 120 valence electrons. The van der Waals surface area contributed by atoms with Crippen LogP contribution in [0.5, 0.6) is 0 Å². The molecule has 0 bridgehead atoms. The van der Waals surface area contributed by atoms with E-state index in [1.807, 2.05) is 0 Å².